The first-order valence-electron chi connectivity index (χ1n) is 4.47. The first-order chi connectivity index (χ1) is 7.09. The molecule has 4 nitrogen and oxygen atoms in total. The molecule has 0 radical (unpaired) electrons. The molecule has 1 atom stereocenters. The van der Waals surface area contributed by atoms with Gasteiger partial charge in [-0.2, -0.15) is 0 Å². The largest absolute Gasteiger partial charge is 0.323 e. The number of benzene rings is 1. The van der Waals surface area contributed by atoms with Crippen LogP contribution in [0.2, 0.25) is 5.02 Å². The Hall–Kier alpha value is -1.55. The molecule has 5 heteroatoms. The maximum Gasteiger partial charge on any atom is 0.323 e. The average Bonchev–Trinajstić information content (AvgIpc) is 2.41. The van der Waals surface area contributed by atoms with Crippen molar-refractivity contribution in [1.29, 1.82) is 5.41 Å². The number of hydrogen-bond acceptors (Lipinski definition) is 2. The van der Waals surface area contributed by atoms with Gasteiger partial charge in [-0.1, -0.05) is 23.7 Å². The molecule has 1 aromatic rings. The molecule has 15 heavy (non-hydrogen) atoms. The topological polar surface area (TPSA) is 56.2 Å². The van der Waals surface area contributed by atoms with Gasteiger partial charge in [0.25, 0.3) is 0 Å². The van der Waals surface area contributed by atoms with Gasteiger partial charge in [0.05, 0.1) is 0 Å². The van der Waals surface area contributed by atoms with Crippen LogP contribution in [0.25, 0.3) is 0 Å². The highest BCUT2D eigenvalue weighted by atomic mass is 35.5. The second-order valence-electron chi connectivity index (χ2n) is 3.41. The number of carbonyl (C=O) groups is 1. The van der Waals surface area contributed by atoms with Gasteiger partial charge in [0.2, 0.25) is 0 Å². The second-order valence-corrected chi connectivity index (χ2v) is 3.85. The molecule has 1 aliphatic rings. The van der Waals surface area contributed by atoms with Gasteiger partial charge in [-0.15, -0.1) is 0 Å². The van der Waals surface area contributed by atoms with Crippen LogP contribution in [0.4, 0.5) is 4.79 Å². The van der Waals surface area contributed by atoms with Gasteiger partial charge < -0.3 is 4.90 Å². The number of nitrogens with one attached hydrogen (secondary N) is 2. The zero-order valence-electron chi connectivity index (χ0n) is 8.12. The van der Waals surface area contributed by atoms with Crippen molar-refractivity contribution in [3.63, 3.8) is 0 Å². The van der Waals surface area contributed by atoms with Gasteiger partial charge >= 0.3 is 6.03 Å². The highest BCUT2D eigenvalue weighted by Gasteiger charge is 2.33. The van der Waals surface area contributed by atoms with E-state index in [1.807, 2.05) is 12.1 Å². The fourth-order valence-corrected chi connectivity index (χ4v) is 1.85. The normalized spacial score (nSPS) is 20.7. The lowest BCUT2D eigenvalue weighted by atomic mass is 10.1. The second kappa shape index (κ2) is 3.55. The Bertz CT molecular complexity index is 432. The van der Waals surface area contributed by atoms with E-state index in [2.05, 4.69) is 5.32 Å². The third-order valence-electron chi connectivity index (χ3n) is 2.39. The summed E-state index contributed by atoms with van der Waals surface area (Å²) in [6.07, 6.45) is 0. The van der Waals surface area contributed by atoms with Crippen LogP contribution in [-0.2, 0) is 0 Å². The van der Waals surface area contributed by atoms with Gasteiger partial charge in [-0.05, 0) is 17.7 Å². The van der Waals surface area contributed by atoms with Gasteiger partial charge in [0.1, 0.15) is 11.9 Å². The summed E-state index contributed by atoms with van der Waals surface area (Å²) in [5, 5.41) is 10.7. The van der Waals surface area contributed by atoms with Crippen LogP contribution >= 0.6 is 11.6 Å². The smallest absolute Gasteiger partial charge is 0.313 e. The Morgan fingerprint density at radius 3 is 2.80 bits per heavy atom. The lowest BCUT2D eigenvalue weighted by Crippen LogP contribution is -2.25. The summed E-state index contributed by atoms with van der Waals surface area (Å²) in [5.41, 5.74) is 0.841. The standard InChI is InChI=1S/C10H10ClN3O/c1-14-8(9(12)13-10(14)15)6-3-2-4-7(11)5-6/h2-5,8H,1H3,(H2,12,13,15). The van der Waals surface area contributed by atoms with Crippen LogP contribution in [-0.4, -0.2) is 23.8 Å². The summed E-state index contributed by atoms with van der Waals surface area (Å²) >= 11 is 5.86. The first kappa shape index (κ1) is 9.98. The van der Waals surface area contributed by atoms with Crippen molar-refractivity contribution in [2.45, 2.75) is 6.04 Å². The molecular formula is C10H10ClN3O. The van der Waals surface area contributed by atoms with Crippen molar-refractivity contribution >= 4 is 23.5 Å². The molecule has 1 aliphatic heterocycles. The highest BCUT2D eigenvalue weighted by Crippen LogP contribution is 2.25. The molecule has 0 aromatic heterocycles. The van der Waals surface area contributed by atoms with E-state index >= 15 is 0 Å². The summed E-state index contributed by atoms with van der Waals surface area (Å²) in [4.78, 5) is 12.8. The molecule has 0 aliphatic carbocycles. The van der Waals surface area contributed by atoms with E-state index in [-0.39, 0.29) is 17.9 Å². The van der Waals surface area contributed by atoms with Crippen LogP contribution in [0.5, 0.6) is 0 Å². The number of rotatable bonds is 1. The van der Waals surface area contributed by atoms with E-state index in [9.17, 15) is 4.79 Å². The van der Waals surface area contributed by atoms with E-state index < -0.39 is 0 Å². The van der Waals surface area contributed by atoms with E-state index in [0.29, 0.717) is 5.02 Å². The lowest BCUT2D eigenvalue weighted by molar-refractivity contribution is 0.217. The fraction of sp³-hybridized carbons (Fsp3) is 0.200. The maximum atomic E-state index is 11.3. The maximum absolute atomic E-state index is 11.3. The molecule has 2 rings (SSSR count). The zero-order chi connectivity index (χ0) is 11.0. The van der Waals surface area contributed by atoms with Crippen molar-refractivity contribution < 1.29 is 4.79 Å². The predicted octanol–water partition coefficient (Wildman–Crippen LogP) is 2.01. The Morgan fingerprint density at radius 1 is 1.53 bits per heavy atom. The van der Waals surface area contributed by atoms with E-state index in [1.54, 1.807) is 19.2 Å². The van der Waals surface area contributed by atoms with Crippen molar-refractivity contribution in [3.8, 4) is 0 Å². The van der Waals surface area contributed by atoms with E-state index in [4.69, 9.17) is 17.0 Å². The lowest BCUT2D eigenvalue weighted by Gasteiger charge is -2.17. The highest BCUT2D eigenvalue weighted by molar-refractivity contribution is 6.30. The van der Waals surface area contributed by atoms with Crippen LogP contribution < -0.4 is 5.32 Å². The van der Waals surface area contributed by atoms with E-state index in [0.717, 1.165) is 5.56 Å². The number of amides is 2. The minimum Gasteiger partial charge on any atom is -0.313 e. The third kappa shape index (κ3) is 1.68. The van der Waals surface area contributed by atoms with Gasteiger partial charge in [-0.25, -0.2) is 4.79 Å². The number of nitrogens with zero attached hydrogens (tertiary/aromatic N) is 1. The molecule has 1 fully saturated rings. The minimum absolute atomic E-state index is 0.185. The Labute approximate surface area is 92.3 Å². The fourth-order valence-electron chi connectivity index (χ4n) is 1.65. The molecule has 0 saturated carbocycles. The van der Waals surface area contributed by atoms with Crippen LogP contribution in [0, 0.1) is 5.41 Å². The quantitative estimate of drug-likeness (QED) is 0.752. The summed E-state index contributed by atoms with van der Waals surface area (Å²) < 4.78 is 0. The first-order valence-corrected chi connectivity index (χ1v) is 4.85. The number of amidine groups is 1. The van der Waals surface area contributed by atoms with Crippen LogP contribution in [0.1, 0.15) is 11.6 Å². The van der Waals surface area contributed by atoms with Gasteiger partial charge in [0, 0.05) is 12.1 Å². The zero-order valence-corrected chi connectivity index (χ0v) is 8.88. The van der Waals surface area contributed by atoms with Crippen LogP contribution in [0.3, 0.4) is 0 Å². The molecule has 1 aromatic carbocycles. The predicted molar refractivity (Wildman–Crippen MR) is 58.2 cm³/mol. The number of halogens is 1. The number of hydrogen-bond donors (Lipinski definition) is 2. The molecule has 1 unspecified atom stereocenters. The van der Waals surface area contributed by atoms with Crippen molar-refractivity contribution in [2.75, 3.05) is 7.05 Å². The Balaban J connectivity index is 2.39. The number of carbonyl (C=O) groups excluding carboxylic acids is 1. The van der Waals surface area contributed by atoms with Gasteiger partial charge in [0.15, 0.2) is 0 Å². The molecule has 2 amide bonds. The molecule has 2 N–H and O–H groups in total. The summed E-state index contributed by atoms with van der Waals surface area (Å²) in [6, 6.07) is 6.57. The van der Waals surface area contributed by atoms with E-state index in [1.165, 1.54) is 4.90 Å². The monoisotopic (exact) mass is 223 g/mol. The number of urea groups is 1. The molecule has 0 spiro atoms. The third-order valence-corrected chi connectivity index (χ3v) is 2.62. The van der Waals surface area contributed by atoms with Gasteiger partial charge in [-0.3, -0.25) is 10.7 Å². The molecule has 0 bridgehead atoms. The molecule has 78 valence electrons. The molecule has 1 heterocycles. The van der Waals surface area contributed by atoms with Crippen molar-refractivity contribution in [3.05, 3.63) is 34.9 Å². The summed E-state index contributed by atoms with van der Waals surface area (Å²) in [7, 11) is 1.66. The number of likely N-dealkylation sites (N-methyl/N-ethyl adjacent to an activating group) is 1. The SMILES string of the molecule is CN1C(=O)NC(=N)C1c1cccc(Cl)c1. The molecular weight excluding hydrogens is 214 g/mol. The minimum atomic E-state index is -0.351. The van der Waals surface area contributed by atoms with Crippen molar-refractivity contribution in [2.24, 2.45) is 0 Å². The molecule has 1 saturated heterocycles. The van der Waals surface area contributed by atoms with Crippen LogP contribution in [0.15, 0.2) is 24.3 Å². The Kier molecular flexibility index (Phi) is 2.36. The Morgan fingerprint density at radius 2 is 2.27 bits per heavy atom. The average molecular weight is 224 g/mol. The summed E-state index contributed by atoms with van der Waals surface area (Å²) in [6.45, 7) is 0. The summed E-state index contributed by atoms with van der Waals surface area (Å²) in [5.74, 6) is 0.185. The van der Waals surface area contributed by atoms with Crippen molar-refractivity contribution in [1.82, 2.24) is 10.2 Å².